The summed E-state index contributed by atoms with van der Waals surface area (Å²) in [5.74, 6) is 0. The molecule has 0 aliphatic carbocycles. The molecule has 0 fully saturated rings. The quantitative estimate of drug-likeness (QED) is 0.216. The molecule has 5 aromatic carbocycles. The minimum Gasteiger partial charge on any atom is -0.378 e. The van der Waals surface area contributed by atoms with Gasteiger partial charge in [0.25, 0.3) is 0 Å². The van der Waals surface area contributed by atoms with Crippen molar-refractivity contribution in [2.45, 2.75) is 12.2 Å². The first kappa shape index (κ1) is 23.0. The molecule has 0 unspecified atom stereocenters. The van der Waals surface area contributed by atoms with Gasteiger partial charge in [-0.1, -0.05) is 152 Å². The maximum absolute atomic E-state index is 6.96. The van der Waals surface area contributed by atoms with Crippen LogP contribution < -0.4 is 5.19 Å². The van der Waals surface area contributed by atoms with Crippen LogP contribution in [0.15, 0.2) is 152 Å². The van der Waals surface area contributed by atoms with E-state index in [4.69, 9.17) is 8.85 Å². The second kappa shape index (κ2) is 11.6. The highest BCUT2D eigenvalue weighted by Gasteiger charge is 2.30. The Balaban J connectivity index is 1.55. The molecule has 0 N–H and O–H groups in total. The van der Waals surface area contributed by atoms with Crippen molar-refractivity contribution in [3.63, 3.8) is 0 Å². The van der Waals surface area contributed by atoms with Crippen molar-refractivity contribution in [2.24, 2.45) is 0 Å². The van der Waals surface area contributed by atoms with Crippen molar-refractivity contribution >= 4 is 14.5 Å². The summed E-state index contributed by atoms with van der Waals surface area (Å²) in [7, 11) is -1.91. The molecule has 0 amide bonds. The van der Waals surface area contributed by atoms with Crippen molar-refractivity contribution < 1.29 is 8.85 Å². The first-order valence-corrected chi connectivity index (χ1v) is 13.2. The van der Waals surface area contributed by atoms with Crippen molar-refractivity contribution in [1.29, 1.82) is 0 Å². The van der Waals surface area contributed by atoms with Gasteiger partial charge in [0.1, 0.15) is 0 Å². The molecule has 171 valence electrons. The molecule has 0 aliphatic heterocycles. The van der Waals surface area contributed by atoms with Gasteiger partial charge in [0.05, 0.1) is 12.2 Å². The summed E-state index contributed by atoms with van der Waals surface area (Å²) in [5, 5.41) is 1.08. The van der Waals surface area contributed by atoms with E-state index in [0.717, 1.165) is 27.4 Å². The molecule has 5 aromatic rings. The van der Waals surface area contributed by atoms with Crippen LogP contribution in [0.2, 0.25) is 0 Å². The van der Waals surface area contributed by atoms with Crippen molar-refractivity contribution in [3.05, 3.63) is 174 Å². The van der Waals surface area contributed by atoms with Crippen LogP contribution in [0.4, 0.5) is 0 Å². The van der Waals surface area contributed by atoms with Crippen molar-refractivity contribution in [1.82, 2.24) is 0 Å². The summed E-state index contributed by atoms with van der Waals surface area (Å²) in [5.41, 5.74) is 4.43. The van der Waals surface area contributed by atoms with E-state index in [-0.39, 0.29) is 12.2 Å². The van der Waals surface area contributed by atoms with E-state index >= 15 is 0 Å². The molecule has 0 atom stereocenters. The van der Waals surface area contributed by atoms with Crippen LogP contribution in [-0.4, -0.2) is 9.28 Å². The van der Waals surface area contributed by atoms with Crippen LogP contribution in [0.25, 0.3) is 0 Å². The standard InChI is InChI=1S/C32H27O2Si/c1-6-16-26(17-7-1)31(27-18-8-2-9-19-27)33-35(30-24-14-5-15-25-30)34-32(28-20-10-3-11-21-28)29-22-12-4-13-23-29/h1-25,31-32H. The molecule has 0 bridgehead atoms. The monoisotopic (exact) mass is 471 g/mol. The van der Waals surface area contributed by atoms with E-state index in [1.54, 1.807) is 0 Å². The Morgan fingerprint density at radius 3 is 0.886 bits per heavy atom. The molecule has 0 saturated heterocycles. The Morgan fingerprint density at radius 1 is 0.343 bits per heavy atom. The predicted molar refractivity (Wildman–Crippen MR) is 143 cm³/mol. The van der Waals surface area contributed by atoms with Crippen molar-refractivity contribution in [3.8, 4) is 0 Å². The fourth-order valence-corrected chi connectivity index (χ4v) is 5.89. The minimum atomic E-state index is -1.91. The summed E-state index contributed by atoms with van der Waals surface area (Å²) in [6.07, 6.45) is -0.475. The predicted octanol–water partition coefficient (Wildman–Crippen LogP) is 6.99. The number of benzene rings is 5. The minimum absolute atomic E-state index is 0.237. The SMILES string of the molecule is c1ccc(C(O[Si](OC(c2ccccc2)c2ccccc2)c2ccccc2)c2ccccc2)cc1. The second-order valence-corrected chi connectivity index (χ2v) is 9.92. The molecular formula is C32H27O2Si. The lowest BCUT2D eigenvalue weighted by Crippen LogP contribution is -2.39. The molecule has 0 saturated carbocycles. The van der Waals surface area contributed by atoms with Gasteiger partial charge in [-0.05, 0) is 27.4 Å². The smallest absolute Gasteiger partial charge is 0.378 e. The van der Waals surface area contributed by atoms with Gasteiger partial charge >= 0.3 is 9.28 Å². The zero-order chi connectivity index (χ0) is 23.7. The summed E-state index contributed by atoms with van der Waals surface area (Å²) in [6, 6.07) is 51.9. The Labute approximate surface area is 209 Å². The van der Waals surface area contributed by atoms with E-state index in [2.05, 4.69) is 109 Å². The third-order valence-corrected chi connectivity index (χ3v) is 7.57. The third kappa shape index (κ3) is 5.84. The Hall–Kier alpha value is -3.76. The van der Waals surface area contributed by atoms with Crippen LogP contribution in [0.1, 0.15) is 34.5 Å². The summed E-state index contributed by atoms with van der Waals surface area (Å²) < 4.78 is 13.9. The number of hydrogen-bond acceptors (Lipinski definition) is 2. The Kier molecular flexibility index (Phi) is 7.61. The van der Waals surface area contributed by atoms with E-state index in [1.807, 2.05) is 42.5 Å². The average molecular weight is 472 g/mol. The van der Waals surface area contributed by atoms with Crippen LogP contribution in [-0.2, 0) is 8.85 Å². The molecule has 0 aromatic heterocycles. The first-order valence-electron chi connectivity index (χ1n) is 11.8. The highest BCUT2D eigenvalue weighted by atomic mass is 28.3. The molecular weight excluding hydrogens is 444 g/mol. The topological polar surface area (TPSA) is 18.5 Å². The molecule has 5 rings (SSSR count). The lowest BCUT2D eigenvalue weighted by Gasteiger charge is -2.28. The summed E-state index contributed by atoms with van der Waals surface area (Å²) in [6.45, 7) is 0. The summed E-state index contributed by atoms with van der Waals surface area (Å²) >= 11 is 0. The van der Waals surface area contributed by atoms with Gasteiger partial charge in [0, 0.05) is 0 Å². The second-order valence-electron chi connectivity index (χ2n) is 8.29. The molecule has 2 nitrogen and oxygen atoms in total. The molecule has 0 heterocycles. The lowest BCUT2D eigenvalue weighted by molar-refractivity contribution is 0.141. The molecule has 0 aliphatic rings. The maximum Gasteiger partial charge on any atom is 0.425 e. The van der Waals surface area contributed by atoms with E-state index in [1.165, 1.54) is 0 Å². The van der Waals surface area contributed by atoms with Crippen LogP contribution in [0.3, 0.4) is 0 Å². The van der Waals surface area contributed by atoms with Gasteiger partial charge in [-0.2, -0.15) is 0 Å². The first-order chi connectivity index (χ1) is 17.4. The zero-order valence-corrected chi connectivity index (χ0v) is 20.4. The Bertz CT molecular complexity index is 1120. The fourth-order valence-electron chi connectivity index (χ4n) is 4.12. The average Bonchev–Trinajstić information content (AvgIpc) is 2.95. The van der Waals surface area contributed by atoms with Crippen LogP contribution >= 0.6 is 0 Å². The highest BCUT2D eigenvalue weighted by molar-refractivity contribution is 6.61. The summed E-state index contributed by atoms with van der Waals surface area (Å²) in [4.78, 5) is 0. The van der Waals surface area contributed by atoms with Crippen LogP contribution in [0, 0.1) is 0 Å². The number of hydrogen-bond donors (Lipinski definition) is 0. The largest absolute Gasteiger partial charge is 0.425 e. The van der Waals surface area contributed by atoms with Gasteiger partial charge in [0.2, 0.25) is 0 Å². The highest BCUT2D eigenvalue weighted by Crippen LogP contribution is 2.31. The molecule has 0 spiro atoms. The van der Waals surface area contributed by atoms with Gasteiger partial charge < -0.3 is 8.85 Å². The molecule has 35 heavy (non-hydrogen) atoms. The van der Waals surface area contributed by atoms with Gasteiger partial charge in [-0.25, -0.2) is 0 Å². The van der Waals surface area contributed by atoms with Crippen LogP contribution in [0.5, 0.6) is 0 Å². The Morgan fingerprint density at radius 2 is 0.600 bits per heavy atom. The fraction of sp³-hybridized carbons (Fsp3) is 0.0625. The van der Waals surface area contributed by atoms with Gasteiger partial charge in [-0.15, -0.1) is 0 Å². The van der Waals surface area contributed by atoms with E-state index < -0.39 is 9.28 Å². The molecule has 1 radical (unpaired) electrons. The zero-order valence-electron chi connectivity index (χ0n) is 19.4. The van der Waals surface area contributed by atoms with E-state index in [9.17, 15) is 0 Å². The van der Waals surface area contributed by atoms with Crippen molar-refractivity contribution in [2.75, 3.05) is 0 Å². The number of rotatable bonds is 9. The lowest BCUT2D eigenvalue weighted by atomic mass is 10.0. The van der Waals surface area contributed by atoms with E-state index in [0.29, 0.717) is 0 Å². The van der Waals surface area contributed by atoms with Gasteiger partial charge in [-0.3, -0.25) is 0 Å². The normalized spacial score (nSPS) is 11.3. The third-order valence-electron chi connectivity index (χ3n) is 5.87. The van der Waals surface area contributed by atoms with Gasteiger partial charge in [0.15, 0.2) is 0 Å². The molecule has 3 heteroatoms. The maximum atomic E-state index is 6.96.